The van der Waals surface area contributed by atoms with E-state index in [1.807, 2.05) is 30.3 Å². The number of hydrogen-bond donors (Lipinski definition) is 0. The second-order valence-electron chi connectivity index (χ2n) is 9.27. The number of ether oxygens (including phenoxy) is 3. The molecule has 0 N–H and O–H groups in total. The van der Waals surface area contributed by atoms with E-state index in [0.29, 0.717) is 29.6 Å². The minimum absolute atomic E-state index is 0.115. The Morgan fingerprint density at radius 2 is 1.66 bits per heavy atom. The molecule has 0 amide bonds. The minimum atomic E-state index is -0.115. The fourth-order valence-electron chi connectivity index (χ4n) is 5.38. The van der Waals surface area contributed by atoms with Gasteiger partial charge >= 0.3 is 0 Å². The van der Waals surface area contributed by atoms with Crippen molar-refractivity contribution in [3.63, 3.8) is 0 Å². The molecule has 1 aliphatic heterocycles. The number of aromatic nitrogens is 4. The Morgan fingerprint density at radius 3 is 2.50 bits per heavy atom. The first kappa shape index (κ1) is 22.3. The fraction of sp³-hybridized carbons (Fsp3) is 0.129. The lowest BCUT2D eigenvalue weighted by Crippen LogP contribution is -2.15. The first-order valence-corrected chi connectivity index (χ1v) is 12.4. The number of methoxy groups -OCH3 is 2. The van der Waals surface area contributed by atoms with Gasteiger partial charge in [-0.1, -0.05) is 66.7 Å². The number of hydrogen-bond acceptors (Lipinski definition) is 6. The molecular weight excluding hydrogens is 476 g/mol. The summed E-state index contributed by atoms with van der Waals surface area (Å²) in [5.74, 6) is 3.30. The maximum Gasteiger partial charge on any atom is 0.228 e. The van der Waals surface area contributed by atoms with Crippen LogP contribution in [0.1, 0.15) is 34.0 Å². The molecule has 1 aliphatic rings. The van der Waals surface area contributed by atoms with Gasteiger partial charge in [0.1, 0.15) is 12.1 Å². The van der Waals surface area contributed by atoms with E-state index in [0.717, 1.165) is 44.4 Å². The Labute approximate surface area is 219 Å². The predicted molar refractivity (Wildman–Crippen MR) is 145 cm³/mol. The maximum atomic E-state index is 6.41. The first-order chi connectivity index (χ1) is 18.7. The van der Waals surface area contributed by atoms with Crippen LogP contribution in [0.25, 0.3) is 16.4 Å². The zero-order valence-corrected chi connectivity index (χ0v) is 21.0. The third kappa shape index (κ3) is 3.55. The normalized spacial score (nSPS) is 14.1. The molecule has 0 saturated heterocycles. The molecule has 7 nitrogen and oxygen atoms in total. The van der Waals surface area contributed by atoms with Crippen LogP contribution in [-0.4, -0.2) is 33.8 Å². The highest BCUT2D eigenvalue weighted by Crippen LogP contribution is 2.50. The molecule has 1 atom stereocenters. The molecule has 3 heterocycles. The van der Waals surface area contributed by atoms with Crippen LogP contribution in [0.5, 0.6) is 23.1 Å². The van der Waals surface area contributed by atoms with Crippen LogP contribution in [0.2, 0.25) is 0 Å². The molecule has 6 aromatic rings. The molecule has 0 unspecified atom stereocenters. The van der Waals surface area contributed by atoms with Gasteiger partial charge in [0.05, 0.1) is 19.8 Å². The quantitative estimate of drug-likeness (QED) is 0.281. The van der Waals surface area contributed by atoms with E-state index in [9.17, 15) is 0 Å². The first-order valence-electron chi connectivity index (χ1n) is 12.4. The minimum Gasteiger partial charge on any atom is -0.493 e. The van der Waals surface area contributed by atoms with Gasteiger partial charge in [0.2, 0.25) is 5.88 Å². The molecule has 4 aromatic carbocycles. The van der Waals surface area contributed by atoms with Gasteiger partial charge < -0.3 is 14.2 Å². The summed E-state index contributed by atoms with van der Waals surface area (Å²) in [5, 5.41) is 7.09. The maximum absolute atomic E-state index is 6.41. The number of fused-ring (bicyclic) bond motifs is 6. The summed E-state index contributed by atoms with van der Waals surface area (Å²) < 4.78 is 19.0. The summed E-state index contributed by atoms with van der Waals surface area (Å²) in [6.45, 7) is 0. The molecule has 0 bridgehead atoms. The van der Waals surface area contributed by atoms with Crippen LogP contribution >= 0.6 is 0 Å². The Kier molecular flexibility index (Phi) is 5.21. The van der Waals surface area contributed by atoms with Crippen molar-refractivity contribution in [3.05, 3.63) is 119 Å². The molecule has 38 heavy (non-hydrogen) atoms. The summed E-state index contributed by atoms with van der Waals surface area (Å²) in [6.07, 6.45) is 2.21. The van der Waals surface area contributed by atoms with E-state index in [1.165, 1.54) is 0 Å². The molecule has 7 rings (SSSR count). The second kappa shape index (κ2) is 8.88. The smallest absolute Gasteiger partial charge is 0.228 e. The average Bonchev–Trinajstić information content (AvgIpc) is 3.39. The highest BCUT2D eigenvalue weighted by Gasteiger charge is 2.34. The van der Waals surface area contributed by atoms with Crippen LogP contribution in [-0.2, 0) is 6.42 Å². The molecule has 186 valence electrons. The molecule has 0 radical (unpaired) electrons. The van der Waals surface area contributed by atoms with Gasteiger partial charge in [-0.15, -0.1) is 5.10 Å². The van der Waals surface area contributed by atoms with Gasteiger partial charge in [-0.3, -0.25) is 0 Å². The number of benzene rings is 4. The second-order valence-corrected chi connectivity index (χ2v) is 9.27. The Bertz CT molecular complexity index is 1810. The van der Waals surface area contributed by atoms with Crippen molar-refractivity contribution in [3.8, 4) is 23.1 Å². The van der Waals surface area contributed by atoms with Gasteiger partial charge in [0.25, 0.3) is 0 Å². The standard InChI is InChI=1S/C31H24N4O3/c1-36-23-14-12-19(16-25(23)37-2)17-26-33-30-29-27(21-9-4-3-5-10-21)28-22-11-7-6-8-20(22)13-15-24(28)38-31(29)32-18-35(30)34-26/h3-16,18,27H,17H2,1-2H3/t27-/m0/s1. The highest BCUT2D eigenvalue weighted by molar-refractivity contribution is 5.90. The van der Waals surface area contributed by atoms with Crippen LogP contribution in [0, 0.1) is 0 Å². The van der Waals surface area contributed by atoms with Gasteiger partial charge in [-0.25, -0.2) is 14.5 Å². The van der Waals surface area contributed by atoms with Crippen molar-refractivity contribution >= 4 is 16.4 Å². The van der Waals surface area contributed by atoms with Crippen molar-refractivity contribution in [1.29, 1.82) is 0 Å². The van der Waals surface area contributed by atoms with E-state index < -0.39 is 0 Å². The Morgan fingerprint density at radius 1 is 0.842 bits per heavy atom. The zero-order valence-electron chi connectivity index (χ0n) is 21.0. The zero-order chi connectivity index (χ0) is 25.6. The van der Waals surface area contributed by atoms with Crippen LogP contribution in [0.3, 0.4) is 0 Å². The highest BCUT2D eigenvalue weighted by atomic mass is 16.5. The number of rotatable bonds is 5. The van der Waals surface area contributed by atoms with Crippen LogP contribution < -0.4 is 14.2 Å². The molecular formula is C31H24N4O3. The molecule has 7 heteroatoms. The largest absolute Gasteiger partial charge is 0.493 e. The predicted octanol–water partition coefficient (Wildman–Crippen LogP) is 6.17. The number of nitrogens with zero attached hydrogens (tertiary/aromatic N) is 4. The summed E-state index contributed by atoms with van der Waals surface area (Å²) in [5.41, 5.74) is 4.93. The van der Waals surface area contributed by atoms with Gasteiger partial charge in [-0.2, -0.15) is 0 Å². The third-order valence-electron chi connectivity index (χ3n) is 7.09. The van der Waals surface area contributed by atoms with E-state index >= 15 is 0 Å². The average molecular weight is 501 g/mol. The van der Waals surface area contributed by atoms with Crippen molar-refractivity contribution in [2.24, 2.45) is 0 Å². The van der Waals surface area contributed by atoms with Crippen LogP contribution in [0.4, 0.5) is 0 Å². The molecule has 0 aliphatic carbocycles. The van der Waals surface area contributed by atoms with E-state index in [4.69, 9.17) is 24.3 Å². The molecule has 0 fully saturated rings. The lowest BCUT2D eigenvalue weighted by atomic mass is 9.81. The SMILES string of the molecule is COc1ccc(Cc2nc3c4c(ncn3n2)Oc2ccc3ccccc3c2[C@@H]4c2ccccc2)cc1OC. The van der Waals surface area contributed by atoms with E-state index in [2.05, 4.69) is 59.6 Å². The van der Waals surface area contributed by atoms with Gasteiger partial charge in [-0.05, 0) is 40.1 Å². The van der Waals surface area contributed by atoms with Gasteiger partial charge in [0, 0.05) is 17.9 Å². The van der Waals surface area contributed by atoms with E-state index in [-0.39, 0.29) is 5.92 Å². The van der Waals surface area contributed by atoms with E-state index in [1.54, 1.807) is 25.1 Å². The molecule has 2 aromatic heterocycles. The van der Waals surface area contributed by atoms with Crippen molar-refractivity contribution in [1.82, 2.24) is 19.6 Å². The summed E-state index contributed by atoms with van der Waals surface area (Å²) >= 11 is 0. The molecule has 0 saturated carbocycles. The summed E-state index contributed by atoms with van der Waals surface area (Å²) in [6, 6.07) is 28.8. The fourth-order valence-corrected chi connectivity index (χ4v) is 5.38. The molecule has 0 spiro atoms. The summed E-state index contributed by atoms with van der Waals surface area (Å²) in [4.78, 5) is 9.68. The Hall–Kier alpha value is -4.91. The van der Waals surface area contributed by atoms with Crippen molar-refractivity contribution in [2.45, 2.75) is 12.3 Å². The lowest BCUT2D eigenvalue weighted by Gasteiger charge is -2.29. The van der Waals surface area contributed by atoms with Gasteiger partial charge in [0.15, 0.2) is 23.0 Å². The third-order valence-corrected chi connectivity index (χ3v) is 7.09. The van der Waals surface area contributed by atoms with Crippen molar-refractivity contribution < 1.29 is 14.2 Å². The topological polar surface area (TPSA) is 70.8 Å². The lowest BCUT2D eigenvalue weighted by molar-refractivity contribution is 0.354. The monoisotopic (exact) mass is 500 g/mol. The van der Waals surface area contributed by atoms with Crippen LogP contribution in [0.15, 0.2) is 91.3 Å². The van der Waals surface area contributed by atoms with Crippen molar-refractivity contribution in [2.75, 3.05) is 14.2 Å². The summed E-state index contributed by atoms with van der Waals surface area (Å²) in [7, 11) is 3.26. The Balaban J connectivity index is 1.41.